The van der Waals surface area contributed by atoms with Gasteiger partial charge in [-0.25, -0.2) is 0 Å². The van der Waals surface area contributed by atoms with Crippen LogP contribution in [0.4, 0.5) is 0 Å². The number of rotatable bonds is 6. The zero-order chi connectivity index (χ0) is 15.2. The summed E-state index contributed by atoms with van der Waals surface area (Å²) in [6.45, 7) is 0.686. The zero-order valence-electron chi connectivity index (χ0n) is 11.8. The first-order valence-electron chi connectivity index (χ1n) is 6.60. The van der Waals surface area contributed by atoms with Crippen LogP contribution in [0.5, 0.6) is 0 Å². The van der Waals surface area contributed by atoms with E-state index in [1.54, 1.807) is 30.1 Å². The largest absolute Gasteiger partial charge is 0.481 e. The molecule has 6 heteroatoms. The van der Waals surface area contributed by atoms with Crippen molar-refractivity contribution in [3.8, 4) is 0 Å². The standard InChI is InChI=1S/C15H17N3O3/c1-17(10-7-14(19)20)15(21)13-6-3-2-5-12(13)11-18-9-4-8-16-18/h2-6,8-9H,7,10-11H2,1H3,(H,19,20). The Labute approximate surface area is 122 Å². The van der Waals surface area contributed by atoms with Gasteiger partial charge in [0.05, 0.1) is 13.0 Å². The molecule has 0 aliphatic carbocycles. The number of amides is 1. The maximum absolute atomic E-state index is 12.4. The molecule has 2 aromatic rings. The summed E-state index contributed by atoms with van der Waals surface area (Å²) in [4.78, 5) is 24.4. The summed E-state index contributed by atoms with van der Waals surface area (Å²) in [6.07, 6.45) is 3.45. The summed E-state index contributed by atoms with van der Waals surface area (Å²) in [7, 11) is 1.61. The van der Waals surface area contributed by atoms with Gasteiger partial charge in [0.25, 0.3) is 5.91 Å². The molecule has 1 N–H and O–H groups in total. The van der Waals surface area contributed by atoms with Crippen LogP contribution in [0.25, 0.3) is 0 Å². The highest BCUT2D eigenvalue weighted by Gasteiger charge is 2.16. The van der Waals surface area contributed by atoms with Gasteiger partial charge in [0.2, 0.25) is 0 Å². The number of carboxylic acids is 1. The second-order valence-corrected chi connectivity index (χ2v) is 4.73. The second-order valence-electron chi connectivity index (χ2n) is 4.73. The molecule has 0 radical (unpaired) electrons. The van der Waals surface area contributed by atoms with Crippen molar-refractivity contribution in [2.24, 2.45) is 0 Å². The molecule has 0 aliphatic rings. The van der Waals surface area contributed by atoms with Gasteiger partial charge in [-0.1, -0.05) is 18.2 Å². The smallest absolute Gasteiger partial charge is 0.305 e. The summed E-state index contributed by atoms with van der Waals surface area (Å²) >= 11 is 0. The van der Waals surface area contributed by atoms with E-state index in [0.717, 1.165) is 5.56 Å². The van der Waals surface area contributed by atoms with Crippen LogP contribution in [0.15, 0.2) is 42.7 Å². The number of carbonyl (C=O) groups excluding carboxylic acids is 1. The topological polar surface area (TPSA) is 75.4 Å². The van der Waals surface area contributed by atoms with Crippen LogP contribution in [0.2, 0.25) is 0 Å². The summed E-state index contributed by atoms with van der Waals surface area (Å²) in [5, 5.41) is 12.8. The predicted octanol–water partition coefficient (Wildman–Crippen LogP) is 1.48. The minimum atomic E-state index is -0.917. The van der Waals surface area contributed by atoms with Crippen molar-refractivity contribution in [2.45, 2.75) is 13.0 Å². The SMILES string of the molecule is CN(CCC(=O)O)C(=O)c1ccccc1Cn1cccn1. The fourth-order valence-corrected chi connectivity index (χ4v) is 2.01. The Morgan fingerprint density at radius 2 is 2.05 bits per heavy atom. The van der Waals surface area contributed by atoms with E-state index < -0.39 is 5.97 Å². The van der Waals surface area contributed by atoms with Crippen molar-refractivity contribution in [3.05, 3.63) is 53.9 Å². The molecule has 1 heterocycles. The van der Waals surface area contributed by atoms with E-state index in [9.17, 15) is 9.59 Å². The number of aromatic nitrogens is 2. The third-order valence-electron chi connectivity index (χ3n) is 3.15. The lowest BCUT2D eigenvalue weighted by Gasteiger charge is -2.18. The number of hydrogen-bond acceptors (Lipinski definition) is 3. The van der Waals surface area contributed by atoms with Crippen LogP contribution in [0.3, 0.4) is 0 Å². The maximum Gasteiger partial charge on any atom is 0.305 e. The Bertz CT molecular complexity index is 623. The Balaban J connectivity index is 2.15. The van der Waals surface area contributed by atoms with Crippen LogP contribution >= 0.6 is 0 Å². The molecular formula is C15H17N3O3. The highest BCUT2D eigenvalue weighted by Crippen LogP contribution is 2.13. The highest BCUT2D eigenvalue weighted by molar-refractivity contribution is 5.95. The first kappa shape index (κ1) is 14.8. The molecule has 0 atom stereocenters. The van der Waals surface area contributed by atoms with Gasteiger partial charge in [-0.05, 0) is 17.7 Å². The van der Waals surface area contributed by atoms with Crippen molar-refractivity contribution in [1.82, 2.24) is 14.7 Å². The van der Waals surface area contributed by atoms with Crippen molar-refractivity contribution in [1.29, 1.82) is 0 Å². The molecule has 0 saturated carbocycles. The van der Waals surface area contributed by atoms with Gasteiger partial charge < -0.3 is 10.0 Å². The average Bonchev–Trinajstić information content (AvgIpc) is 2.97. The lowest BCUT2D eigenvalue weighted by molar-refractivity contribution is -0.137. The van der Waals surface area contributed by atoms with E-state index in [4.69, 9.17) is 5.11 Å². The van der Waals surface area contributed by atoms with Crippen LogP contribution in [0.1, 0.15) is 22.3 Å². The third kappa shape index (κ3) is 3.92. The monoisotopic (exact) mass is 287 g/mol. The lowest BCUT2D eigenvalue weighted by Crippen LogP contribution is -2.30. The molecule has 1 amide bonds. The van der Waals surface area contributed by atoms with Gasteiger partial charge >= 0.3 is 5.97 Å². The molecule has 0 unspecified atom stereocenters. The third-order valence-corrected chi connectivity index (χ3v) is 3.15. The number of carbonyl (C=O) groups is 2. The molecule has 1 aromatic heterocycles. The Morgan fingerprint density at radius 1 is 1.29 bits per heavy atom. The van der Waals surface area contributed by atoms with Gasteiger partial charge in [0.1, 0.15) is 0 Å². The number of benzene rings is 1. The van der Waals surface area contributed by atoms with Gasteiger partial charge in [-0.3, -0.25) is 14.3 Å². The quantitative estimate of drug-likeness (QED) is 0.873. The summed E-state index contributed by atoms with van der Waals surface area (Å²) in [5.41, 5.74) is 1.43. The van der Waals surface area contributed by atoms with Crippen LogP contribution in [0, 0.1) is 0 Å². The first-order valence-corrected chi connectivity index (χ1v) is 6.60. The van der Waals surface area contributed by atoms with Crippen LogP contribution in [-0.4, -0.2) is 45.3 Å². The molecule has 2 rings (SSSR count). The fraction of sp³-hybridized carbons (Fsp3) is 0.267. The minimum absolute atomic E-state index is 0.0659. The molecule has 110 valence electrons. The number of hydrogen-bond donors (Lipinski definition) is 1. The number of nitrogens with zero attached hydrogens (tertiary/aromatic N) is 3. The average molecular weight is 287 g/mol. The van der Waals surface area contributed by atoms with Crippen molar-refractivity contribution in [2.75, 3.05) is 13.6 Å². The molecule has 1 aromatic carbocycles. The number of aliphatic carboxylic acids is 1. The van der Waals surface area contributed by atoms with Gasteiger partial charge in [-0.2, -0.15) is 5.10 Å². The van der Waals surface area contributed by atoms with Crippen molar-refractivity contribution >= 4 is 11.9 Å². The van der Waals surface area contributed by atoms with E-state index in [0.29, 0.717) is 12.1 Å². The fourth-order valence-electron chi connectivity index (χ4n) is 2.01. The zero-order valence-corrected chi connectivity index (χ0v) is 11.8. The van der Waals surface area contributed by atoms with E-state index in [1.807, 2.05) is 24.4 Å². The van der Waals surface area contributed by atoms with E-state index in [2.05, 4.69) is 5.10 Å². The maximum atomic E-state index is 12.4. The van der Waals surface area contributed by atoms with Crippen LogP contribution in [-0.2, 0) is 11.3 Å². The molecule has 0 bridgehead atoms. The molecule has 0 fully saturated rings. The Kier molecular flexibility index (Phi) is 4.71. The van der Waals surface area contributed by atoms with Gasteiger partial charge in [0.15, 0.2) is 0 Å². The molecule has 0 saturated heterocycles. The minimum Gasteiger partial charge on any atom is -0.481 e. The van der Waals surface area contributed by atoms with Crippen molar-refractivity contribution in [3.63, 3.8) is 0 Å². The molecule has 0 aliphatic heterocycles. The second kappa shape index (κ2) is 6.69. The number of carboxylic acid groups (broad SMARTS) is 1. The Morgan fingerprint density at radius 3 is 2.71 bits per heavy atom. The van der Waals surface area contributed by atoms with Crippen LogP contribution < -0.4 is 0 Å². The molecule has 21 heavy (non-hydrogen) atoms. The molecule has 6 nitrogen and oxygen atoms in total. The van der Waals surface area contributed by atoms with Gasteiger partial charge in [0, 0.05) is 31.5 Å². The summed E-state index contributed by atoms with van der Waals surface area (Å²) in [6, 6.07) is 9.11. The molecular weight excluding hydrogens is 270 g/mol. The summed E-state index contributed by atoms with van der Waals surface area (Å²) in [5.74, 6) is -1.10. The van der Waals surface area contributed by atoms with E-state index in [1.165, 1.54) is 4.90 Å². The predicted molar refractivity (Wildman–Crippen MR) is 77.0 cm³/mol. The van der Waals surface area contributed by atoms with Crippen molar-refractivity contribution < 1.29 is 14.7 Å². The van der Waals surface area contributed by atoms with Gasteiger partial charge in [-0.15, -0.1) is 0 Å². The Hall–Kier alpha value is -2.63. The lowest BCUT2D eigenvalue weighted by atomic mass is 10.1. The highest BCUT2D eigenvalue weighted by atomic mass is 16.4. The normalized spacial score (nSPS) is 10.3. The summed E-state index contributed by atoms with van der Waals surface area (Å²) < 4.78 is 1.74. The van der Waals surface area contributed by atoms with E-state index in [-0.39, 0.29) is 18.9 Å². The first-order chi connectivity index (χ1) is 10.1. The van der Waals surface area contributed by atoms with E-state index >= 15 is 0 Å². The molecule has 0 spiro atoms.